The molecule has 0 spiro atoms. The van der Waals surface area contributed by atoms with Crippen molar-refractivity contribution in [2.24, 2.45) is 9.98 Å². The van der Waals surface area contributed by atoms with E-state index in [1.54, 1.807) is 34.9 Å². The van der Waals surface area contributed by atoms with Gasteiger partial charge in [-0.25, -0.2) is 4.98 Å². The number of aryl methyl sites for hydroxylation is 1. The number of aromatic nitrogens is 9. The molecule has 6 aromatic heterocycles. The molecule has 11 rings (SSSR count). The van der Waals surface area contributed by atoms with E-state index in [1.165, 1.54) is 6.20 Å². The molecule has 12 nitrogen and oxygen atoms in total. The first kappa shape index (κ1) is 39.6. The zero-order valence-corrected chi connectivity index (χ0v) is 37.3. The third-order valence-corrected chi connectivity index (χ3v) is 14.1. The van der Waals surface area contributed by atoms with Gasteiger partial charge in [-0.2, -0.15) is 5.10 Å². The summed E-state index contributed by atoms with van der Waals surface area (Å²) < 4.78 is 4.11. The number of benzene rings is 3. The first-order valence-electron chi connectivity index (χ1n) is 20.0. The molecule has 3 aromatic carbocycles. The standard InChI is InChI=1S/C48H31Cl2N11OS2/c1-25-38(16-5-28-4-15-36-32(18-28)21-54-56-36)64-48-44(25)46(30-8-12-34(50)13-9-30)53-24-42-59-57-40(61(42)48)20-31-19-35(51-22-37(31)62)14-17-39-26(2)43-45(29-6-10-33(49)11-7-29)52-23-41-58-55-27(3)60(41)47(43)63-39/h4,6-13,15,18-19,21-22,62H,20,23-24H2,1-3H3,(H,54,56). The van der Waals surface area contributed by atoms with Gasteiger partial charge in [0.25, 0.3) is 0 Å². The van der Waals surface area contributed by atoms with Crippen LogP contribution in [0.25, 0.3) is 20.9 Å². The van der Waals surface area contributed by atoms with Gasteiger partial charge in [0.05, 0.1) is 39.1 Å². The number of rotatable bonds is 4. The van der Waals surface area contributed by atoms with Gasteiger partial charge in [-0.3, -0.25) is 24.2 Å². The van der Waals surface area contributed by atoms with Gasteiger partial charge in [0, 0.05) is 55.2 Å². The number of hydrogen-bond donors (Lipinski definition) is 2. The topological polar surface area (TPSA) is 148 Å². The summed E-state index contributed by atoms with van der Waals surface area (Å²) in [4.78, 5) is 16.4. The van der Waals surface area contributed by atoms with E-state index in [0.29, 0.717) is 46.0 Å². The van der Waals surface area contributed by atoms with Gasteiger partial charge >= 0.3 is 0 Å². The molecule has 0 atom stereocenters. The van der Waals surface area contributed by atoms with Gasteiger partial charge in [0.2, 0.25) is 0 Å². The quantitative estimate of drug-likeness (QED) is 0.167. The largest absolute Gasteiger partial charge is 0.506 e. The lowest BCUT2D eigenvalue weighted by molar-refractivity contribution is 0.466. The molecule has 0 bridgehead atoms. The zero-order valence-electron chi connectivity index (χ0n) is 34.2. The van der Waals surface area contributed by atoms with Crippen molar-refractivity contribution in [1.82, 2.24) is 44.7 Å². The van der Waals surface area contributed by atoms with E-state index in [1.807, 2.05) is 73.7 Å². The molecule has 2 N–H and O–H groups in total. The van der Waals surface area contributed by atoms with E-state index in [0.717, 1.165) is 92.7 Å². The van der Waals surface area contributed by atoms with Crippen LogP contribution < -0.4 is 0 Å². The van der Waals surface area contributed by atoms with Gasteiger partial charge < -0.3 is 5.11 Å². The smallest absolute Gasteiger partial charge is 0.160 e. The maximum atomic E-state index is 11.2. The van der Waals surface area contributed by atoms with Crippen molar-refractivity contribution in [3.8, 4) is 39.4 Å². The van der Waals surface area contributed by atoms with Crippen LogP contribution in [-0.2, 0) is 19.5 Å². The number of aromatic amines is 1. The second-order valence-corrected chi connectivity index (χ2v) is 18.1. The van der Waals surface area contributed by atoms with Gasteiger partial charge in [-0.1, -0.05) is 59.3 Å². The van der Waals surface area contributed by atoms with Gasteiger partial charge in [-0.15, -0.1) is 43.1 Å². The Labute approximate surface area is 384 Å². The number of aliphatic imine (C=N–C) groups is 2. The number of aromatic hydroxyl groups is 1. The molecule has 8 heterocycles. The lowest BCUT2D eigenvalue weighted by atomic mass is 9.99. The van der Waals surface area contributed by atoms with Crippen LogP contribution in [0.2, 0.25) is 10.0 Å². The summed E-state index contributed by atoms with van der Waals surface area (Å²) in [5.41, 5.74) is 10.3. The first-order valence-corrected chi connectivity index (χ1v) is 22.4. The van der Waals surface area contributed by atoms with E-state index in [9.17, 15) is 5.11 Å². The van der Waals surface area contributed by atoms with Gasteiger partial charge in [-0.05, 0) is 92.3 Å². The molecule has 0 radical (unpaired) electrons. The number of thiophene rings is 2. The van der Waals surface area contributed by atoms with Crippen molar-refractivity contribution < 1.29 is 5.11 Å². The summed E-state index contributed by atoms with van der Waals surface area (Å²) in [6, 6.07) is 23.2. The molecular formula is C48H31Cl2N11OS2. The molecule has 310 valence electrons. The van der Waals surface area contributed by atoms with Crippen LogP contribution in [0.1, 0.15) is 83.3 Å². The summed E-state index contributed by atoms with van der Waals surface area (Å²) in [5.74, 6) is 16.3. The molecule has 64 heavy (non-hydrogen) atoms. The number of hydrogen-bond acceptors (Lipinski definition) is 11. The number of fused-ring (bicyclic) bond motifs is 7. The van der Waals surface area contributed by atoms with Crippen LogP contribution >= 0.6 is 45.9 Å². The number of nitrogens with one attached hydrogen (secondary N) is 1. The highest BCUT2D eigenvalue weighted by atomic mass is 35.5. The Morgan fingerprint density at radius 2 is 1.30 bits per heavy atom. The van der Waals surface area contributed by atoms with Gasteiger partial charge in [0.15, 0.2) is 11.6 Å². The van der Waals surface area contributed by atoms with E-state index < -0.39 is 0 Å². The Morgan fingerprint density at radius 1 is 0.688 bits per heavy atom. The molecule has 2 aliphatic rings. The fourth-order valence-electron chi connectivity index (χ4n) is 7.97. The van der Waals surface area contributed by atoms with E-state index in [4.69, 9.17) is 33.2 Å². The fraction of sp³-hybridized carbons (Fsp3) is 0.125. The predicted molar refractivity (Wildman–Crippen MR) is 251 cm³/mol. The monoisotopic (exact) mass is 911 g/mol. The summed E-state index contributed by atoms with van der Waals surface area (Å²) in [5, 5.41) is 40.6. The fourth-order valence-corrected chi connectivity index (χ4v) is 10.7. The number of nitrogens with zero attached hydrogens (tertiary/aromatic N) is 10. The minimum absolute atomic E-state index is 0.0248. The summed E-state index contributed by atoms with van der Waals surface area (Å²) in [6.45, 7) is 6.75. The molecule has 0 saturated heterocycles. The van der Waals surface area contributed by atoms with E-state index in [2.05, 4.69) is 82.2 Å². The third kappa shape index (κ3) is 6.97. The number of H-pyrrole nitrogens is 1. The van der Waals surface area contributed by atoms with Crippen LogP contribution in [-0.4, -0.2) is 61.2 Å². The maximum Gasteiger partial charge on any atom is 0.160 e. The molecule has 0 aliphatic carbocycles. The van der Waals surface area contributed by atoms with Crippen molar-refractivity contribution in [3.63, 3.8) is 0 Å². The minimum atomic E-state index is 0.0248. The van der Waals surface area contributed by atoms with Crippen LogP contribution in [0.15, 0.2) is 95.2 Å². The molecule has 0 fully saturated rings. The Balaban J connectivity index is 0.961. The van der Waals surface area contributed by atoms with Crippen LogP contribution in [0.4, 0.5) is 0 Å². The first-order chi connectivity index (χ1) is 31.2. The molecule has 0 amide bonds. The average molecular weight is 913 g/mol. The van der Waals surface area contributed by atoms with Crippen molar-refractivity contribution in [2.45, 2.75) is 40.3 Å². The van der Waals surface area contributed by atoms with Crippen molar-refractivity contribution in [3.05, 3.63) is 178 Å². The highest BCUT2D eigenvalue weighted by Gasteiger charge is 2.30. The van der Waals surface area contributed by atoms with Crippen molar-refractivity contribution >= 4 is 68.2 Å². The van der Waals surface area contributed by atoms with Crippen LogP contribution in [0, 0.1) is 44.5 Å². The second kappa shape index (κ2) is 15.9. The molecule has 16 heteroatoms. The van der Waals surface area contributed by atoms with E-state index >= 15 is 0 Å². The Kier molecular flexibility index (Phi) is 9.82. The maximum absolute atomic E-state index is 11.2. The number of pyridine rings is 1. The Bertz CT molecular complexity index is 3570. The zero-order chi connectivity index (χ0) is 43.6. The summed E-state index contributed by atoms with van der Waals surface area (Å²) >= 11 is 15.7. The third-order valence-electron chi connectivity index (χ3n) is 11.2. The van der Waals surface area contributed by atoms with Crippen LogP contribution in [0.3, 0.4) is 0 Å². The molecule has 0 saturated carbocycles. The number of halogens is 2. The molecule has 9 aromatic rings. The van der Waals surface area contributed by atoms with Gasteiger partial charge in [0.1, 0.15) is 46.2 Å². The Morgan fingerprint density at radius 3 is 1.97 bits per heavy atom. The highest BCUT2D eigenvalue weighted by molar-refractivity contribution is 7.16. The minimum Gasteiger partial charge on any atom is -0.506 e. The van der Waals surface area contributed by atoms with E-state index in [-0.39, 0.29) is 12.2 Å². The van der Waals surface area contributed by atoms with Crippen molar-refractivity contribution in [2.75, 3.05) is 0 Å². The lowest BCUT2D eigenvalue weighted by Crippen LogP contribution is -2.08. The summed E-state index contributed by atoms with van der Waals surface area (Å²) in [6.07, 6.45) is 3.48. The lowest BCUT2D eigenvalue weighted by Gasteiger charge is -2.11. The average Bonchev–Trinajstić information content (AvgIpc) is 4.10. The SMILES string of the molecule is Cc1c(C#Cc2cc(Cc3nnc4n3-c3sc(C#Cc5ccc6[nH]ncc6c5)c(C)c3C(c3ccc(Cl)cc3)=NC4)c(O)cn2)sc2c1C(c1ccc(Cl)cc1)=NCc1nnc(C)n1-2. The van der Waals surface area contributed by atoms with Crippen molar-refractivity contribution in [1.29, 1.82) is 0 Å². The van der Waals surface area contributed by atoms with Crippen LogP contribution in [0.5, 0.6) is 5.75 Å². The normalized spacial score (nSPS) is 12.7. The Hall–Kier alpha value is -7.20. The molecular weight excluding hydrogens is 882 g/mol. The predicted octanol–water partition coefficient (Wildman–Crippen LogP) is 9.27. The highest BCUT2D eigenvalue weighted by Crippen LogP contribution is 2.39. The molecule has 2 aliphatic heterocycles. The summed E-state index contributed by atoms with van der Waals surface area (Å²) in [7, 11) is 0. The molecule has 0 unspecified atom stereocenters. The second-order valence-electron chi connectivity index (χ2n) is 15.2.